The molecule has 5 nitrogen and oxygen atoms in total. The van der Waals surface area contributed by atoms with Crippen molar-refractivity contribution in [1.29, 1.82) is 0 Å². The monoisotopic (exact) mass is 348 g/mol. The Kier molecular flexibility index (Phi) is 6.47. The molecule has 0 aromatic heterocycles. The summed E-state index contributed by atoms with van der Waals surface area (Å²) in [7, 11) is 0. The van der Waals surface area contributed by atoms with Crippen LogP contribution in [0.5, 0.6) is 0 Å². The molecule has 0 heterocycles. The lowest BCUT2D eigenvalue weighted by molar-refractivity contribution is -0.0149. The van der Waals surface area contributed by atoms with E-state index in [2.05, 4.69) is 16.7 Å². The van der Waals surface area contributed by atoms with Crippen LogP contribution >= 0.6 is 0 Å². The van der Waals surface area contributed by atoms with Crippen molar-refractivity contribution in [2.45, 2.75) is 71.8 Å². The van der Waals surface area contributed by atoms with E-state index in [0.717, 1.165) is 30.4 Å². The Bertz CT molecular complexity index is 583. The molecule has 2 rings (SSSR count). The van der Waals surface area contributed by atoms with Gasteiger partial charge in [0.15, 0.2) is 0 Å². The highest BCUT2D eigenvalue weighted by atomic mass is 16.5. The minimum absolute atomic E-state index is 0.0315. The van der Waals surface area contributed by atoms with Gasteiger partial charge in [-0.25, -0.2) is 4.79 Å². The molecule has 1 aliphatic rings. The van der Waals surface area contributed by atoms with Gasteiger partial charge in [-0.15, -0.1) is 0 Å². The Morgan fingerprint density at radius 1 is 1.36 bits per heavy atom. The van der Waals surface area contributed by atoms with Gasteiger partial charge in [0.25, 0.3) is 0 Å². The second-order valence-corrected chi connectivity index (χ2v) is 8.30. The van der Waals surface area contributed by atoms with E-state index in [0.29, 0.717) is 13.2 Å². The molecule has 2 amide bonds. The van der Waals surface area contributed by atoms with Gasteiger partial charge in [0.2, 0.25) is 0 Å². The van der Waals surface area contributed by atoms with Crippen LogP contribution in [-0.2, 0) is 17.9 Å². The van der Waals surface area contributed by atoms with Crippen LogP contribution in [0.4, 0.5) is 4.79 Å². The van der Waals surface area contributed by atoms with Gasteiger partial charge in [-0.2, -0.15) is 0 Å². The van der Waals surface area contributed by atoms with Crippen molar-refractivity contribution < 1.29 is 14.6 Å². The lowest BCUT2D eigenvalue weighted by Crippen LogP contribution is -2.48. The molecule has 1 aliphatic carbocycles. The second kappa shape index (κ2) is 8.19. The normalized spacial score (nSPS) is 23.5. The minimum Gasteiger partial charge on any atom is -0.396 e. The number of aliphatic hydroxyl groups is 1. The highest BCUT2D eigenvalue weighted by Crippen LogP contribution is 2.37. The number of urea groups is 1. The fourth-order valence-electron chi connectivity index (χ4n) is 3.19. The number of aliphatic hydroxyl groups excluding tert-OH is 1. The Balaban J connectivity index is 1.83. The number of hydrogen-bond acceptors (Lipinski definition) is 3. The number of carbonyl (C=O) groups is 1. The van der Waals surface area contributed by atoms with Crippen LogP contribution < -0.4 is 10.6 Å². The summed E-state index contributed by atoms with van der Waals surface area (Å²) in [6.45, 7) is 9.26. The lowest BCUT2D eigenvalue weighted by Gasteiger charge is -2.30. The maximum atomic E-state index is 12.2. The summed E-state index contributed by atoms with van der Waals surface area (Å²) in [5.41, 5.74) is 1.76. The summed E-state index contributed by atoms with van der Waals surface area (Å²) >= 11 is 0. The fraction of sp³-hybridized carbons (Fsp3) is 0.650. The molecule has 1 saturated carbocycles. The van der Waals surface area contributed by atoms with Crippen molar-refractivity contribution in [1.82, 2.24) is 10.6 Å². The SMILES string of the molecule is CC(C)(C)OCc1cccc(CNC(=O)NC2CCCC2(C)CO)c1. The summed E-state index contributed by atoms with van der Waals surface area (Å²) < 4.78 is 5.80. The molecule has 0 saturated heterocycles. The van der Waals surface area contributed by atoms with Crippen LogP contribution in [0.25, 0.3) is 0 Å². The summed E-state index contributed by atoms with van der Waals surface area (Å²) in [5, 5.41) is 15.5. The zero-order valence-electron chi connectivity index (χ0n) is 15.9. The third-order valence-electron chi connectivity index (χ3n) is 4.86. The molecule has 25 heavy (non-hydrogen) atoms. The predicted octanol–water partition coefficient (Wildman–Crippen LogP) is 3.35. The molecule has 1 fully saturated rings. The van der Waals surface area contributed by atoms with E-state index >= 15 is 0 Å². The molecule has 0 aliphatic heterocycles. The number of carbonyl (C=O) groups excluding carboxylic acids is 1. The van der Waals surface area contributed by atoms with E-state index in [1.54, 1.807) is 0 Å². The van der Waals surface area contributed by atoms with Crippen molar-refractivity contribution in [3.63, 3.8) is 0 Å². The largest absolute Gasteiger partial charge is 0.396 e. The highest BCUT2D eigenvalue weighted by molar-refractivity contribution is 5.74. The van der Waals surface area contributed by atoms with E-state index < -0.39 is 0 Å². The van der Waals surface area contributed by atoms with E-state index in [1.807, 2.05) is 45.9 Å². The van der Waals surface area contributed by atoms with Crippen molar-refractivity contribution >= 4 is 6.03 Å². The van der Waals surface area contributed by atoms with Gasteiger partial charge in [0, 0.05) is 18.0 Å². The first-order chi connectivity index (χ1) is 11.7. The first kappa shape index (κ1) is 19.7. The average molecular weight is 348 g/mol. The number of benzene rings is 1. The molecule has 0 bridgehead atoms. The fourth-order valence-corrected chi connectivity index (χ4v) is 3.19. The molecule has 1 aromatic rings. The number of ether oxygens (including phenoxy) is 1. The average Bonchev–Trinajstić information content (AvgIpc) is 2.92. The predicted molar refractivity (Wildman–Crippen MR) is 99.2 cm³/mol. The summed E-state index contributed by atoms with van der Waals surface area (Å²) in [4.78, 5) is 12.2. The molecule has 0 spiro atoms. The van der Waals surface area contributed by atoms with Crippen LogP contribution in [0.1, 0.15) is 58.1 Å². The lowest BCUT2D eigenvalue weighted by atomic mass is 9.86. The molecule has 0 radical (unpaired) electrons. The second-order valence-electron chi connectivity index (χ2n) is 8.30. The van der Waals surface area contributed by atoms with Gasteiger partial charge in [0.1, 0.15) is 0 Å². The molecular formula is C20H32N2O3. The molecule has 3 N–H and O–H groups in total. The molecular weight excluding hydrogens is 316 g/mol. The minimum atomic E-state index is -0.207. The van der Waals surface area contributed by atoms with Gasteiger partial charge in [0.05, 0.1) is 18.8 Å². The number of amides is 2. The van der Waals surface area contributed by atoms with Gasteiger partial charge < -0.3 is 20.5 Å². The third-order valence-corrected chi connectivity index (χ3v) is 4.86. The Morgan fingerprint density at radius 2 is 2.08 bits per heavy atom. The van der Waals surface area contributed by atoms with Crippen LogP contribution in [-0.4, -0.2) is 29.4 Å². The zero-order chi connectivity index (χ0) is 18.5. The van der Waals surface area contributed by atoms with Gasteiger partial charge in [-0.05, 0) is 44.7 Å². The maximum absolute atomic E-state index is 12.2. The van der Waals surface area contributed by atoms with Crippen molar-refractivity contribution in [3.05, 3.63) is 35.4 Å². The standard InChI is InChI=1S/C20H32N2O3/c1-19(2,3)25-13-16-8-5-7-15(11-16)12-21-18(24)22-17-9-6-10-20(17,4)14-23/h5,7-8,11,17,23H,6,9-10,12-14H2,1-4H3,(H2,21,22,24). The topological polar surface area (TPSA) is 70.6 Å². The summed E-state index contributed by atoms with van der Waals surface area (Å²) in [6, 6.07) is 7.91. The highest BCUT2D eigenvalue weighted by Gasteiger charge is 2.39. The van der Waals surface area contributed by atoms with E-state index in [9.17, 15) is 9.90 Å². The van der Waals surface area contributed by atoms with E-state index in [4.69, 9.17) is 4.74 Å². The van der Waals surface area contributed by atoms with Crippen molar-refractivity contribution in [2.24, 2.45) is 5.41 Å². The molecule has 140 valence electrons. The number of rotatable bonds is 6. The van der Waals surface area contributed by atoms with Crippen molar-refractivity contribution in [2.75, 3.05) is 6.61 Å². The Hall–Kier alpha value is -1.59. The van der Waals surface area contributed by atoms with Gasteiger partial charge in [-0.1, -0.05) is 37.6 Å². The first-order valence-corrected chi connectivity index (χ1v) is 9.09. The van der Waals surface area contributed by atoms with Gasteiger partial charge in [-0.3, -0.25) is 0 Å². The molecule has 5 heteroatoms. The first-order valence-electron chi connectivity index (χ1n) is 9.09. The number of nitrogens with one attached hydrogen (secondary N) is 2. The quantitative estimate of drug-likeness (QED) is 0.738. The van der Waals surface area contributed by atoms with Gasteiger partial charge >= 0.3 is 6.03 Å². The maximum Gasteiger partial charge on any atom is 0.315 e. The molecule has 2 atom stereocenters. The summed E-state index contributed by atoms with van der Waals surface area (Å²) in [5.74, 6) is 0. The summed E-state index contributed by atoms with van der Waals surface area (Å²) in [6.07, 6.45) is 2.91. The molecule has 1 aromatic carbocycles. The van der Waals surface area contributed by atoms with Crippen molar-refractivity contribution in [3.8, 4) is 0 Å². The smallest absolute Gasteiger partial charge is 0.315 e. The third kappa shape index (κ3) is 6.01. The van der Waals surface area contributed by atoms with Crippen LogP contribution in [0.3, 0.4) is 0 Å². The van der Waals surface area contributed by atoms with E-state index in [-0.39, 0.29) is 29.7 Å². The molecule has 2 unspecified atom stereocenters. The van der Waals surface area contributed by atoms with Crippen LogP contribution in [0.2, 0.25) is 0 Å². The Morgan fingerprint density at radius 3 is 2.76 bits per heavy atom. The van der Waals surface area contributed by atoms with E-state index in [1.165, 1.54) is 0 Å². The number of hydrogen-bond donors (Lipinski definition) is 3. The van der Waals surface area contributed by atoms with Crippen LogP contribution in [0.15, 0.2) is 24.3 Å². The zero-order valence-corrected chi connectivity index (χ0v) is 15.9. The Labute approximate surface area is 151 Å². The van der Waals surface area contributed by atoms with Crippen LogP contribution in [0, 0.1) is 5.41 Å².